The number of anilines is 1. The van der Waals surface area contributed by atoms with Crippen LogP contribution in [0.1, 0.15) is 24.5 Å². The molecule has 1 unspecified atom stereocenters. The van der Waals surface area contributed by atoms with E-state index in [9.17, 15) is 5.11 Å². The maximum atomic E-state index is 9.96. The lowest BCUT2D eigenvalue weighted by Gasteiger charge is -2.21. The fourth-order valence-electron chi connectivity index (χ4n) is 2.35. The molecular weight excluding hydrogens is 230 g/mol. The van der Waals surface area contributed by atoms with E-state index in [-0.39, 0.29) is 5.84 Å². The number of aryl methyl sites for hydroxylation is 1. The molecule has 4 N–H and O–H groups in total. The summed E-state index contributed by atoms with van der Waals surface area (Å²) in [5.74, 6) is 0.118. The molecule has 18 heavy (non-hydrogen) atoms. The van der Waals surface area contributed by atoms with E-state index < -0.39 is 5.60 Å². The molecule has 1 fully saturated rings. The van der Waals surface area contributed by atoms with Crippen molar-refractivity contribution >= 4 is 11.5 Å². The minimum atomic E-state index is -0.613. The van der Waals surface area contributed by atoms with E-state index in [2.05, 4.69) is 10.1 Å². The third-order valence-corrected chi connectivity index (χ3v) is 3.41. The molecule has 0 bridgehead atoms. The van der Waals surface area contributed by atoms with Crippen LogP contribution in [0.4, 0.5) is 5.69 Å². The predicted octanol–water partition coefficient (Wildman–Crippen LogP) is 1.05. The van der Waals surface area contributed by atoms with E-state index >= 15 is 0 Å². The average Bonchev–Trinajstić information content (AvgIpc) is 2.68. The number of hydrogen-bond acceptors (Lipinski definition) is 4. The lowest BCUT2D eigenvalue weighted by molar-refractivity contribution is 0.0839. The molecule has 0 spiro atoms. The first-order chi connectivity index (χ1) is 8.43. The second-order valence-electron chi connectivity index (χ2n) is 5.15. The molecule has 1 aromatic carbocycles. The Morgan fingerprint density at radius 1 is 1.50 bits per heavy atom. The summed E-state index contributed by atoms with van der Waals surface area (Å²) in [5, 5.41) is 21.7. The van der Waals surface area contributed by atoms with E-state index in [0.29, 0.717) is 6.54 Å². The number of hydrogen-bond donors (Lipinski definition) is 3. The second-order valence-corrected chi connectivity index (χ2v) is 5.15. The number of amidine groups is 1. The number of aliphatic hydroxyl groups is 1. The number of nitrogens with two attached hydrogens (primary N) is 1. The molecule has 0 aliphatic carbocycles. The molecule has 1 aliphatic heterocycles. The lowest BCUT2D eigenvalue weighted by Crippen LogP contribution is -2.29. The quantitative estimate of drug-likeness (QED) is 0.317. The van der Waals surface area contributed by atoms with Crippen LogP contribution in [0.2, 0.25) is 0 Å². The lowest BCUT2D eigenvalue weighted by atomic mass is 10.1. The highest BCUT2D eigenvalue weighted by Gasteiger charge is 2.31. The molecule has 1 aromatic rings. The molecular formula is C13H19N3O2. The zero-order valence-electron chi connectivity index (χ0n) is 10.7. The monoisotopic (exact) mass is 249 g/mol. The van der Waals surface area contributed by atoms with Gasteiger partial charge in [-0.2, -0.15) is 0 Å². The molecule has 2 rings (SSSR count). The van der Waals surface area contributed by atoms with Gasteiger partial charge in [-0.05, 0) is 44.0 Å². The molecule has 1 atom stereocenters. The van der Waals surface area contributed by atoms with Gasteiger partial charge in [0.05, 0.1) is 5.60 Å². The molecule has 0 amide bonds. The van der Waals surface area contributed by atoms with Gasteiger partial charge in [0.15, 0.2) is 5.84 Å². The Labute approximate surface area is 107 Å². The predicted molar refractivity (Wildman–Crippen MR) is 71.1 cm³/mol. The second kappa shape index (κ2) is 4.49. The summed E-state index contributed by atoms with van der Waals surface area (Å²) in [4.78, 5) is 2.14. The smallest absolute Gasteiger partial charge is 0.170 e. The Hall–Kier alpha value is -1.75. The number of benzene rings is 1. The summed E-state index contributed by atoms with van der Waals surface area (Å²) < 4.78 is 0. The fraction of sp³-hybridized carbons (Fsp3) is 0.462. The van der Waals surface area contributed by atoms with Gasteiger partial charge in [0.25, 0.3) is 0 Å². The van der Waals surface area contributed by atoms with E-state index in [1.807, 2.05) is 32.0 Å². The van der Waals surface area contributed by atoms with Crippen molar-refractivity contribution in [3.63, 3.8) is 0 Å². The van der Waals surface area contributed by atoms with E-state index in [0.717, 1.165) is 29.8 Å². The third-order valence-electron chi connectivity index (χ3n) is 3.41. The average molecular weight is 249 g/mol. The number of β-amino-alcohol motifs (C(OH)–C–C–N with tert-alkyl or cyclic N) is 1. The minimum absolute atomic E-state index is 0.118. The van der Waals surface area contributed by atoms with Gasteiger partial charge in [0.2, 0.25) is 0 Å². The summed E-state index contributed by atoms with van der Waals surface area (Å²) in [5.41, 5.74) is 7.71. The summed E-state index contributed by atoms with van der Waals surface area (Å²) in [6.07, 6.45) is 0.772. The van der Waals surface area contributed by atoms with Crippen LogP contribution in [0.15, 0.2) is 23.4 Å². The van der Waals surface area contributed by atoms with E-state index in [4.69, 9.17) is 10.9 Å². The Balaban J connectivity index is 2.25. The highest BCUT2D eigenvalue weighted by molar-refractivity contribution is 5.98. The van der Waals surface area contributed by atoms with Crippen molar-refractivity contribution in [2.24, 2.45) is 10.9 Å². The first-order valence-corrected chi connectivity index (χ1v) is 5.99. The van der Waals surface area contributed by atoms with Gasteiger partial charge < -0.3 is 20.9 Å². The van der Waals surface area contributed by atoms with Crippen LogP contribution in [0.5, 0.6) is 0 Å². The topological polar surface area (TPSA) is 82.1 Å². The maximum absolute atomic E-state index is 9.96. The number of nitrogens with zero attached hydrogens (tertiary/aromatic N) is 2. The molecule has 5 nitrogen and oxygen atoms in total. The Morgan fingerprint density at radius 2 is 2.22 bits per heavy atom. The maximum Gasteiger partial charge on any atom is 0.170 e. The Bertz CT molecular complexity index is 483. The first-order valence-electron chi connectivity index (χ1n) is 5.99. The van der Waals surface area contributed by atoms with Crippen LogP contribution in [-0.2, 0) is 0 Å². The fourth-order valence-corrected chi connectivity index (χ4v) is 2.35. The van der Waals surface area contributed by atoms with Gasteiger partial charge in [-0.1, -0.05) is 5.16 Å². The zero-order chi connectivity index (χ0) is 13.3. The summed E-state index contributed by atoms with van der Waals surface area (Å²) in [7, 11) is 0. The molecule has 1 aliphatic rings. The molecule has 5 heteroatoms. The highest BCUT2D eigenvalue weighted by Crippen LogP contribution is 2.27. The summed E-state index contributed by atoms with van der Waals surface area (Å²) >= 11 is 0. The van der Waals surface area contributed by atoms with Crippen LogP contribution in [0, 0.1) is 6.92 Å². The van der Waals surface area contributed by atoms with Gasteiger partial charge in [-0.25, -0.2) is 0 Å². The molecule has 0 aromatic heterocycles. The molecule has 1 heterocycles. The van der Waals surface area contributed by atoms with Crippen molar-refractivity contribution < 1.29 is 10.3 Å². The Kier molecular flexibility index (Phi) is 3.17. The van der Waals surface area contributed by atoms with E-state index in [1.165, 1.54) is 0 Å². The Morgan fingerprint density at radius 3 is 2.72 bits per heavy atom. The van der Waals surface area contributed by atoms with Crippen LogP contribution in [-0.4, -0.2) is 34.8 Å². The summed E-state index contributed by atoms with van der Waals surface area (Å²) in [6, 6.07) is 5.77. The normalized spacial score (nSPS) is 24.6. The largest absolute Gasteiger partial charge is 0.409 e. The number of oxime groups is 1. The van der Waals surface area contributed by atoms with Crippen LogP contribution in [0.25, 0.3) is 0 Å². The van der Waals surface area contributed by atoms with Gasteiger partial charge in [-0.3, -0.25) is 0 Å². The van der Waals surface area contributed by atoms with Crippen molar-refractivity contribution in [3.8, 4) is 0 Å². The highest BCUT2D eigenvalue weighted by atomic mass is 16.4. The molecule has 0 saturated carbocycles. The third kappa shape index (κ3) is 2.41. The van der Waals surface area contributed by atoms with Crippen LogP contribution in [0.3, 0.4) is 0 Å². The van der Waals surface area contributed by atoms with Gasteiger partial charge in [0.1, 0.15) is 0 Å². The van der Waals surface area contributed by atoms with Gasteiger partial charge in [-0.15, -0.1) is 0 Å². The van der Waals surface area contributed by atoms with Crippen molar-refractivity contribution in [2.45, 2.75) is 25.9 Å². The van der Waals surface area contributed by atoms with Gasteiger partial charge >= 0.3 is 0 Å². The van der Waals surface area contributed by atoms with Crippen molar-refractivity contribution in [2.75, 3.05) is 18.0 Å². The van der Waals surface area contributed by atoms with Gasteiger partial charge in [0, 0.05) is 24.3 Å². The van der Waals surface area contributed by atoms with Crippen molar-refractivity contribution in [1.82, 2.24) is 0 Å². The van der Waals surface area contributed by atoms with E-state index in [1.54, 1.807) is 0 Å². The molecule has 1 saturated heterocycles. The molecule has 98 valence electrons. The standard InChI is InChI=1S/C13H19N3O2/c1-9-7-10(3-4-11(9)12(14)15-18)16-6-5-13(2,17)8-16/h3-4,7,17-18H,5-6,8H2,1-2H3,(H2,14,15). The SMILES string of the molecule is Cc1cc(N2CCC(C)(O)C2)ccc1/C(N)=N/O. The van der Waals surface area contributed by atoms with Crippen molar-refractivity contribution in [3.05, 3.63) is 29.3 Å². The summed E-state index contributed by atoms with van der Waals surface area (Å²) in [6.45, 7) is 5.25. The van der Waals surface area contributed by atoms with Crippen molar-refractivity contribution in [1.29, 1.82) is 0 Å². The van der Waals surface area contributed by atoms with Crippen LogP contribution < -0.4 is 10.6 Å². The molecule has 0 radical (unpaired) electrons. The minimum Gasteiger partial charge on any atom is -0.409 e. The van der Waals surface area contributed by atoms with Crippen LogP contribution >= 0.6 is 0 Å². The zero-order valence-corrected chi connectivity index (χ0v) is 10.7. The first kappa shape index (κ1) is 12.7. The number of rotatable bonds is 2.